The Morgan fingerprint density at radius 3 is 2.26 bits per heavy atom. The van der Waals surface area contributed by atoms with E-state index in [4.69, 9.17) is 21.1 Å². The van der Waals surface area contributed by atoms with E-state index in [9.17, 15) is 13.2 Å². The molecule has 0 fully saturated rings. The van der Waals surface area contributed by atoms with Crippen molar-refractivity contribution in [3.63, 3.8) is 0 Å². The highest BCUT2D eigenvalue weighted by Crippen LogP contribution is 2.37. The summed E-state index contributed by atoms with van der Waals surface area (Å²) in [7, 11) is -2.23. The van der Waals surface area contributed by atoms with Crippen molar-refractivity contribution < 1.29 is 22.7 Å². The van der Waals surface area contributed by atoms with Crippen molar-refractivity contribution >= 4 is 60.3 Å². The number of nitrogens with one attached hydrogen (secondary N) is 2. The molecule has 0 aliphatic rings. The number of amides is 1. The second kappa shape index (κ2) is 9.92. The fourth-order valence-corrected chi connectivity index (χ4v) is 5.72. The molecule has 1 heterocycles. The quantitative estimate of drug-likeness (QED) is 0.299. The number of hydrogen-bond acceptors (Lipinski definition) is 6. The average molecular weight is 517 g/mol. The van der Waals surface area contributed by atoms with Crippen LogP contribution in [-0.4, -0.2) is 28.0 Å². The minimum atomic E-state index is -3.80. The summed E-state index contributed by atoms with van der Waals surface area (Å²) in [5.74, 6) is 0.949. The van der Waals surface area contributed by atoms with E-state index < -0.39 is 10.0 Å². The largest absolute Gasteiger partial charge is 0.497 e. The van der Waals surface area contributed by atoms with Crippen molar-refractivity contribution in [2.45, 2.75) is 11.8 Å². The molecule has 0 atom stereocenters. The Bertz CT molecular complexity index is 1430. The number of halogens is 1. The summed E-state index contributed by atoms with van der Waals surface area (Å²) in [6.07, 6.45) is 0. The summed E-state index contributed by atoms with van der Waals surface area (Å²) in [6.45, 7) is 2.40. The van der Waals surface area contributed by atoms with Gasteiger partial charge in [0.05, 0.1) is 23.6 Å². The Balaban J connectivity index is 1.47. The lowest BCUT2D eigenvalue weighted by atomic mass is 10.2. The number of methoxy groups -OCH3 is 1. The first-order chi connectivity index (χ1) is 16.3. The first kappa shape index (κ1) is 23.9. The molecule has 176 valence electrons. The van der Waals surface area contributed by atoms with Gasteiger partial charge in [-0.3, -0.25) is 9.52 Å². The van der Waals surface area contributed by atoms with Crippen LogP contribution in [-0.2, 0) is 10.0 Å². The van der Waals surface area contributed by atoms with E-state index in [1.54, 1.807) is 43.5 Å². The molecule has 0 radical (unpaired) electrons. The third-order valence-electron chi connectivity index (χ3n) is 4.88. The number of rotatable bonds is 8. The van der Waals surface area contributed by atoms with Crippen molar-refractivity contribution in [1.29, 1.82) is 0 Å². The summed E-state index contributed by atoms with van der Waals surface area (Å²) in [4.78, 5) is 13.2. The molecule has 0 spiro atoms. The summed E-state index contributed by atoms with van der Waals surface area (Å²) >= 11 is 7.67. The van der Waals surface area contributed by atoms with Gasteiger partial charge in [0.15, 0.2) is 0 Å². The molecular formula is C24H21ClN2O5S2. The molecule has 3 aromatic carbocycles. The molecule has 0 bridgehead atoms. The van der Waals surface area contributed by atoms with E-state index in [2.05, 4.69) is 10.0 Å². The Labute approximate surface area is 206 Å². The van der Waals surface area contributed by atoms with Crippen molar-refractivity contribution in [2.24, 2.45) is 0 Å². The second-order valence-electron chi connectivity index (χ2n) is 7.15. The van der Waals surface area contributed by atoms with E-state index >= 15 is 0 Å². The molecule has 0 aliphatic carbocycles. The van der Waals surface area contributed by atoms with Gasteiger partial charge in [-0.15, -0.1) is 11.3 Å². The van der Waals surface area contributed by atoms with Crippen LogP contribution in [0.3, 0.4) is 0 Å². The molecule has 10 heteroatoms. The van der Waals surface area contributed by atoms with Crippen molar-refractivity contribution in [2.75, 3.05) is 23.8 Å². The molecule has 0 saturated carbocycles. The van der Waals surface area contributed by atoms with Gasteiger partial charge in [0.25, 0.3) is 15.9 Å². The van der Waals surface area contributed by atoms with E-state index in [1.807, 2.05) is 13.0 Å². The highest BCUT2D eigenvalue weighted by molar-refractivity contribution is 7.92. The summed E-state index contributed by atoms with van der Waals surface area (Å²) in [5.41, 5.74) is 0.855. The smallest absolute Gasteiger partial charge is 0.267 e. The maximum Gasteiger partial charge on any atom is 0.267 e. The highest BCUT2D eigenvalue weighted by atomic mass is 35.5. The SMILES string of the molecule is CCOc1ccc(NS(=O)(=O)c2ccc(NC(=O)c3sc4cc(OC)ccc4c3Cl)cc2)cc1. The van der Waals surface area contributed by atoms with Crippen LogP contribution in [0.4, 0.5) is 11.4 Å². The maximum absolute atomic E-state index is 12.8. The van der Waals surface area contributed by atoms with Crippen LogP contribution in [0.1, 0.15) is 16.6 Å². The molecule has 34 heavy (non-hydrogen) atoms. The van der Waals surface area contributed by atoms with Gasteiger partial charge in [-0.2, -0.15) is 0 Å². The molecule has 2 N–H and O–H groups in total. The predicted octanol–water partition coefficient (Wildman–Crippen LogP) is 6.02. The van der Waals surface area contributed by atoms with Crippen molar-refractivity contribution in [3.05, 3.63) is 76.6 Å². The molecule has 4 rings (SSSR count). The van der Waals surface area contributed by atoms with Gasteiger partial charge in [-0.05, 0) is 73.7 Å². The maximum atomic E-state index is 12.8. The molecular weight excluding hydrogens is 496 g/mol. The molecule has 1 amide bonds. The molecule has 1 aromatic heterocycles. The molecule has 7 nitrogen and oxygen atoms in total. The van der Waals surface area contributed by atoms with Crippen molar-refractivity contribution in [3.8, 4) is 11.5 Å². The number of hydrogen-bond donors (Lipinski definition) is 2. The fourth-order valence-electron chi connectivity index (χ4n) is 3.22. The molecule has 0 saturated heterocycles. The Morgan fingerprint density at radius 2 is 1.62 bits per heavy atom. The first-order valence-electron chi connectivity index (χ1n) is 10.2. The number of benzene rings is 3. The first-order valence-corrected chi connectivity index (χ1v) is 12.9. The van der Waals surface area contributed by atoms with Crippen LogP contribution >= 0.6 is 22.9 Å². The van der Waals surface area contributed by atoms with E-state index in [0.717, 1.165) is 10.1 Å². The number of thiophene rings is 1. The third kappa shape index (κ3) is 5.11. The lowest BCUT2D eigenvalue weighted by Gasteiger charge is -2.10. The minimum Gasteiger partial charge on any atom is -0.497 e. The number of ether oxygens (including phenoxy) is 2. The normalized spacial score (nSPS) is 11.3. The predicted molar refractivity (Wildman–Crippen MR) is 136 cm³/mol. The van der Waals surface area contributed by atoms with Gasteiger partial charge in [-0.25, -0.2) is 8.42 Å². The van der Waals surface area contributed by atoms with Crippen LogP contribution in [0.5, 0.6) is 11.5 Å². The van der Waals surface area contributed by atoms with E-state index in [0.29, 0.717) is 39.4 Å². The van der Waals surface area contributed by atoms with E-state index in [-0.39, 0.29) is 10.8 Å². The average Bonchev–Trinajstić information content (AvgIpc) is 3.16. The van der Waals surface area contributed by atoms with Gasteiger partial charge < -0.3 is 14.8 Å². The number of anilines is 2. The van der Waals surface area contributed by atoms with Crippen LogP contribution in [0.15, 0.2) is 71.6 Å². The summed E-state index contributed by atoms with van der Waals surface area (Å²) in [6, 6.07) is 17.9. The van der Waals surface area contributed by atoms with Crippen LogP contribution in [0.25, 0.3) is 10.1 Å². The van der Waals surface area contributed by atoms with Gasteiger partial charge in [0.1, 0.15) is 16.4 Å². The molecule has 0 unspecified atom stereocenters. The minimum absolute atomic E-state index is 0.0615. The Morgan fingerprint density at radius 1 is 0.971 bits per heavy atom. The fraction of sp³-hybridized carbons (Fsp3) is 0.125. The zero-order valence-corrected chi connectivity index (χ0v) is 20.7. The Kier molecular flexibility index (Phi) is 6.97. The van der Waals surface area contributed by atoms with Crippen LogP contribution in [0, 0.1) is 0 Å². The monoisotopic (exact) mass is 516 g/mol. The third-order valence-corrected chi connectivity index (χ3v) is 7.94. The zero-order valence-electron chi connectivity index (χ0n) is 18.3. The lowest BCUT2D eigenvalue weighted by molar-refractivity contribution is 0.103. The van der Waals surface area contributed by atoms with Gasteiger partial charge in [-0.1, -0.05) is 11.6 Å². The Hall–Kier alpha value is -3.27. The van der Waals surface area contributed by atoms with Crippen molar-refractivity contribution in [1.82, 2.24) is 0 Å². The number of fused-ring (bicyclic) bond motifs is 1. The van der Waals surface area contributed by atoms with Gasteiger partial charge in [0, 0.05) is 21.5 Å². The van der Waals surface area contributed by atoms with Crippen LogP contribution < -0.4 is 19.5 Å². The molecule has 0 aliphatic heterocycles. The lowest BCUT2D eigenvalue weighted by Crippen LogP contribution is -2.14. The second-order valence-corrected chi connectivity index (χ2v) is 10.3. The number of carbonyl (C=O) groups excluding carboxylic acids is 1. The zero-order chi connectivity index (χ0) is 24.3. The van der Waals surface area contributed by atoms with Crippen LogP contribution in [0.2, 0.25) is 5.02 Å². The number of carbonyl (C=O) groups is 1. The topological polar surface area (TPSA) is 93.7 Å². The van der Waals surface area contributed by atoms with Gasteiger partial charge in [0.2, 0.25) is 0 Å². The summed E-state index contributed by atoms with van der Waals surface area (Å²) in [5, 5.41) is 3.89. The highest BCUT2D eigenvalue weighted by Gasteiger charge is 2.19. The van der Waals surface area contributed by atoms with Gasteiger partial charge >= 0.3 is 0 Å². The summed E-state index contributed by atoms with van der Waals surface area (Å²) < 4.78 is 39.4. The standard InChI is InChI=1S/C24H21ClN2O5S2/c1-3-32-17-8-4-16(5-9-17)27-34(29,30)19-11-6-15(7-12-19)26-24(28)23-22(25)20-13-10-18(31-2)14-21(20)33-23/h4-14,27H,3H2,1-2H3,(H,26,28). The number of sulfonamides is 1. The van der Waals surface area contributed by atoms with E-state index in [1.165, 1.54) is 35.6 Å². The molecule has 4 aromatic rings.